The van der Waals surface area contributed by atoms with Crippen LogP contribution >= 0.6 is 22.9 Å². The maximum absolute atomic E-state index is 12.3. The molecule has 3 rings (SSSR count). The van der Waals surface area contributed by atoms with E-state index in [0.29, 0.717) is 22.0 Å². The van der Waals surface area contributed by atoms with Crippen LogP contribution in [-0.4, -0.2) is 39.6 Å². The summed E-state index contributed by atoms with van der Waals surface area (Å²) in [6.45, 7) is 6.94. The van der Waals surface area contributed by atoms with E-state index in [0.717, 1.165) is 0 Å². The first-order valence-electron chi connectivity index (χ1n) is 8.51. The van der Waals surface area contributed by atoms with Gasteiger partial charge in [-0.2, -0.15) is 0 Å². The van der Waals surface area contributed by atoms with Crippen molar-refractivity contribution in [3.8, 4) is 22.2 Å². The van der Waals surface area contributed by atoms with E-state index in [1.807, 2.05) is 0 Å². The second-order valence-electron chi connectivity index (χ2n) is 6.99. The van der Waals surface area contributed by atoms with Gasteiger partial charge in [0.15, 0.2) is 11.4 Å². The monoisotopic (exact) mass is 435 g/mol. The van der Waals surface area contributed by atoms with E-state index in [-0.39, 0.29) is 22.4 Å². The fourth-order valence-electron chi connectivity index (χ4n) is 2.38. The molecule has 3 heterocycles. The molecular weight excluding hydrogens is 418 g/mol. The molecule has 29 heavy (non-hydrogen) atoms. The summed E-state index contributed by atoms with van der Waals surface area (Å²) in [6, 6.07) is 3.23. The predicted octanol–water partition coefficient (Wildman–Crippen LogP) is 4.56. The van der Waals surface area contributed by atoms with Crippen molar-refractivity contribution in [2.24, 2.45) is 0 Å². The number of methoxy groups -OCH3 is 1. The maximum Gasteiger partial charge on any atom is 0.360 e. The summed E-state index contributed by atoms with van der Waals surface area (Å²) in [5.74, 6) is -0.677. The highest BCUT2D eigenvalue weighted by Gasteiger charge is 2.25. The van der Waals surface area contributed by atoms with Gasteiger partial charge in [-0.1, -0.05) is 11.6 Å². The van der Waals surface area contributed by atoms with Crippen molar-refractivity contribution in [2.45, 2.75) is 33.3 Å². The molecule has 0 amide bonds. The minimum Gasteiger partial charge on any atom is -0.464 e. The van der Waals surface area contributed by atoms with Crippen LogP contribution in [0.2, 0.25) is 5.15 Å². The number of rotatable bonds is 4. The predicted molar refractivity (Wildman–Crippen MR) is 107 cm³/mol. The summed E-state index contributed by atoms with van der Waals surface area (Å²) in [5.41, 5.74) is 0.427. The van der Waals surface area contributed by atoms with Crippen molar-refractivity contribution in [2.75, 3.05) is 7.11 Å². The summed E-state index contributed by atoms with van der Waals surface area (Å²) >= 11 is 7.27. The van der Waals surface area contributed by atoms with Crippen LogP contribution in [0, 0.1) is 6.92 Å². The van der Waals surface area contributed by atoms with Crippen LogP contribution in [0.15, 0.2) is 21.9 Å². The fraction of sp³-hybridized carbons (Fsp3) is 0.316. The molecule has 3 aromatic rings. The third-order valence-corrected chi connectivity index (χ3v) is 4.64. The standard InChI is InChI=1S/C19H18ClN3O5S/c1-9-13(18(25)26-5)23-15(27-9)10-6-7-12(20)22-14(10)16-21-11(8-29-16)17(24)28-19(2,3)4/h6-8H,1-5H3. The highest BCUT2D eigenvalue weighted by molar-refractivity contribution is 7.13. The Kier molecular flexibility index (Phi) is 5.72. The van der Waals surface area contributed by atoms with Gasteiger partial charge in [0.05, 0.1) is 12.7 Å². The normalized spacial score (nSPS) is 11.4. The number of carbonyl (C=O) groups is 2. The van der Waals surface area contributed by atoms with E-state index < -0.39 is 17.5 Å². The molecular formula is C19H18ClN3O5S. The molecule has 0 saturated heterocycles. The number of aryl methyl sites for hydroxylation is 1. The van der Waals surface area contributed by atoms with Crippen molar-refractivity contribution >= 4 is 34.9 Å². The molecule has 0 spiro atoms. The summed E-state index contributed by atoms with van der Waals surface area (Å²) in [4.78, 5) is 37.0. The van der Waals surface area contributed by atoms with Gasteiger partial charge < -0.3 is 13.9 Å². The first-order valence-corrected chi connectivity index (χ1v) is 9.76. The Morgan fingerprint density at radius 1 is 1.14 bits per heavy atom. The van der Waals surface area contributed by atoms with E-state index in [1.54, 1.807) is 45.2 Å². The molecule has 0 unspecified atom stereocenters. The number of esters is 2. The number of carbonyl (C=O) groups excluding carboxylic acids is 2. The minimum absolute atomic E-state index is 0.0667. The average molecular weight is 436 g/mol. The van der Waals surface area contributed by atoms with E-state index in [4.69, 9.17) is 25.5 Å². The molecule has 0 bridgehead atoms. The van der Waals surface area contributed by atoms with Gasteiger partial charge in [0.2, 0.25) is 5.89 Å². The zero-order chi connectivity index (χ0) is 21.3. The number of hydrogen-bond acceptors (Lipinski definition) is 9. The second kappa shape index (κ2) is 7.92. The van der Waals surface area contributed by atoms with E-state index >= 15 is 0 Å². The Morgan fingerprint density at radius 3 is 2.52 bits per heavy atom. The van der Waals surface area contributed by atoms with Crippen molar-refractivity contribution < 1.29 is 23.5 Å². The molecule has 0 N–H and O–H groups in total. The Labute approximate surface area is 175 Å². The van der Waals surface area contributed by atoms with E-state index in [1.165, 1.54) is 18.4 Å². The first-order chi connectivity index (χ1) is 13.6. The Hall–Kier alpha value is -2.78. The molecule has 10 heteroatoms. The lowest BCUT2D eigenvalue weighted by molar-refractivity contribution is 0.00636. The third-order valence-electron chi connectivity index (χ3n) is 3.58. The maximum atomic E-state index is 12.3. The van der Waals surface area contributed by atoms with Crippen LogP contribution in [0.3, 0.4) is 0 Å². The molecule has 0 aliphatic rings. The molecule has 0 atom stereocenters. The van der Waals surface area contributed by atoms with E-state index in [2.05, 4.69) is 15.0 Å². The summed E-state index contributed by atoms with van der Waals surface area (Å²) in [7, 11) is 1.26. The van der Waals surface area contributed by atoms with Gasteiger partial charge in [-0.3, -0.25) is 0 Å². The zero-order valence-electron chi connectivity index (χ0n) is 16.4. The minimum atomic E-state index is -0.639. The third kappa shape index (κ3) is 4.63. The van der Waals surface area contributed by atoms with Crippen molar-refractivity contribution in [3.63, 3.8) is 0 Å². The molecule has 3 aromatic heterocycles. The van der Waals surface area contributed by atoms with Gasteiger partial charge >= 0.3 is 11.9 Å². The highest BCUT2D eigenvalue weighted by Crippen LogP contribution is 2.34. The molecule has 0 aromatic carbocycles. The number of thiazole rings is 1. The van der Waals surface area contributed by atoms with Crippen LogP contribution in [0.4, 0.5) is 0 Å². The van der Waals surface area contributed by atoms with Crippen molar-refractivity contribution in [3.05, 3.63) is 39.8 Å². The molecule has 0 saturated carbocycles. The van der Waals surface area contributed by atoms with Crippen molar-refractivity contribution in [1.82, 2.24) is 15.0 Å². The van der Waals surface area contributed by atoms with Crippen LogP contribution < -0.4 is 0 Å². The summed E-state index contributed by atoms with van der Waals surface area (Å²) in [6.07, 6.45) is 0. The SMILES string of the molecule is COC(=O)c1nc(-c2ccc(Cl)nc2-c2nc(C(=O)OC(C)(C)C)cs2)oc1C. The Balaban J connectivity index is 2.03. The lowest BCUT2D eigenvalue weighted by atomic mass is 10.2. The highest BCUT2D eigenvalue weighted by atomic mass is 35.5. The molecule has 0 aliphatic carbocycles. The number of hydrogen-bond donors (Lipinski definition) is 0. The van der Waals surface area contributed by atoms with Crippen LogP contribution in [0.1, 0.15) is 47.5 Å². The summed E-state index contributed by atoms with van der Waals surface area (Å²) < 4.78 is 15.7. The number of aromatic nitrogens is 3. The second-order valence-corrected chi connectivity index (χ2v) is 8.23. The van der Waals surface area contributed by atoms with Crippen LogP contribution in [0.5, 0.6) is 0 Å². The number of ether oxygens (including phenoxy) is 2. The summed E-state index contributed by atoms with van der Waals surface area (Å²) in [5, 5.41) is 2.24. The van der Waals surface area contributed by atoms with E-state index in [9.17, 15) is 9.59 Å². The lowest BCUT2D eigenvalue weighted by Crippen LogP contribution is -2.24. The number of nitrogens with zero attached hydrogens (tertiary/aromatic N) is 3. The van der Waals surface area contributed by atoms with Gasteiger partial charge in [-0.05, 0) is 39.8 Å². The fourth-order valence-corrected chi connectivity index (χ4v) is 3.31. The largest absolute Gasteiger partial charge is 0.464 e. The Bertz CT molecular complexity index is 1080. The van der Waals surface area contributed by atoms with Gasteiger partial charge in [0.1, 0.15) is 27.2 Å². The van der Waals surface area contributed by atoms with Crippen molar-refractivity contribution in [1.29, 1.82) is 0 Å². The van der Waals surface area contributed by atoms with Crippen LogP contribution in [0.25, 0.3) is 22.2 Å². The molecule has 0 radical (unpaired) electrons. The zero-order valence-corrected chi connectivity index (χ0v) is 18.0. The van der Waals surface area contributed by atoms with Gasteiger partial charge in [0, 0.05) is 5.38 Å². The first kappa shape index (κ1) is 20.9. The quantitative estimate of drug-likeness (QED) is 0.433. The number of halogens is 1. The molecule has 152 valence electrons. The number of oxazole rings is 1. The Morgan fingerprint density at radius 2 is 1.86 bits per heavy atom. The van der Waals surface area contributed by atoms with Gasteiger partial charge in [-0.25, -0.2) is 24.5 Å². The smallest absolute Gasteiger partial charge is 0.360 e. The molecule has 0 fully saturated rings. The lowest BCUT2D eigenvalue weighted by Gasteiger charge is -2.18. The van der Waals surface area contributed by atoms with Gasteiger partial charge in [-0.15, -0.1) is 11.3 Å². The average Bonchev–Trinajstić information content (AvgIpc) is 3.26. The topological polar surface area (TPSA) is 104 Å². The van der Waals surface area contributed by atoms with Gasteiger partial charge in [0.25, 0.3) is 0 Å². The van der Waals surface area contributed by atoms with Crippen LogP contribution in [-0.2, 0) is 9.47 Å². The molecule has 0 aliphatic heterocycles. The molecule has 8 nitrogen and oxygen atoms in total. The number of pyridine rings is 1.